The lowest BCUT2D eigenvalue weighted by Gasteiger charge is -2.37. The number of hydrogen-bond donors (Lipinski definition) is 1. The summed E-state index contributed by atoms with van der Waals surface area (Å²) >= 11 is 0. The molecule has 1 N–H and O–H groups in total. The van der Waals surface area contributed by atoms with Gasteiger partial charge in [-0.1, -0.05) is 158 Å². The fourth-order valence-corrected chi connectivity index (χ4v) is 8.40. The fourth-order valence-electron chi connectivity index (χ4n) is 8.40. The number of pyridine rings is 1. The highest BCUT2D eigenvalue weighted by molar-refractivity contribution is 6.46. The molecule has 54 heavy (non-hydrogen) atoms. The van der Waals surface area contributed by atoms with Crippen molar-refractivity contribution in [2.24, 2.45) is 0 Å². The van der Waals surface area contributed by atoms with Crippen molar-refractivity contribution in [2.75, 3.05) is 0 Å². The van der Waals surface area contributed by atoms with Gasteiger partial charge in [-0.15, -0.1) is 0 Å². The Balaban J connectivity index is 1.37. The molecule has 0 bridgehead atoms. The second-order valence-electron chi connectivity index (χ2n) is 17.1. The first-order chi connectivity index (χ1) is 26.1. The second-order valence-corrected chi connectivity index (χ2v) is 17.1. The van der Waals surface area contributed by atoms with Crippen LogP contribution in [0, 0.1) is 0 Å². The summed E-state index contributed by atoms with van der Waals surface area (Å²) in [4.78, 5) is 4.98. The molecule has 1 aliphatic carbocycles. The van der Waals surface area contributed by atoms with Gasteiger partial charge in [0.15, 0.2) is 0 Å². The predicted octanol–water partition coefficient (Wildman–Crippen LogP) is 12.9. The van der Waals surface area contributed by atoms with Crippen molar-refractivity contribution in [3.63, 3.8) is 0 Å². The largest absolute Gasteiger partial charge is 0.427 e. The number of unbranched alkanes of at least 4 members (excludes halogenated alkanes) is 10. The molecule has 1 heterocycles. The van der Waals surface area contributed by atoms with E-state index in [9.17, 15) is 5.11 Å². The molecule has 3 nitrogen and oxygen atoms in total. The van der Waals surface area contributed by atoms with Crippen molar-refractivity contribution < 1.29 is 9.76 Å². The molecule has 284 valence electrons. The van der Waals surface area contributed by atoms with Crippen LogP contribution >= 0.6 is 0 Å². The van der Waals surface area contributed by atoms with Gasteiger partial charge in [-0.2, -0.15) is 0 Å². The van der Waals surface area contributed by atoms with Crippen molar-refractivity contribution in [1.29, 1.82) is 0 Å². The molecule has 0 aliphatic heterocycles. The van der Waals surface area contributed by atoms with Gasteiger partial charge in [-0.05, 0) is 114 Å². The van der Waals surface area contributed by atoms with Crippen LogP contribution in [0.3, 0.4) is 0 Å². The summed E-state index contributed by atoms with van der Waals surface area (Å²) in [5, 5.41) is 13.2. The zero-order valence-electron chi connectivity index (χ0n) is 34.1. The normalized spacial score (nSPS) is 13.6. The Hall–Kier alpha value is -3.73. The maximum Gasteiger partial charge on any atom is 0.311 e. The molecule has 0 fully saturated rings. The Morgan fingerprint density at radius 2 is 1.13 bits per heavy atom. The Bertz CT molecular complexity index is 1960. The number of nitrogens with zero attached hydrogens (tertiary/aromatic N) is 1. The first-order valence-electron chi connectivity index (χ1n) is 21.2. The maximum atomic E-state index is 10.6. The van der Waals surface area contributed by atoms with Gasteiger partial charge in [0.1, 0.15) is 0 Å². The Morgan fingerprint density at radius 1 is 0.593 bits per heavy atom. The van der Waals surface area contributed by atoms with Crippen LogP contribution in [-0.2, 0) is 10.1 Å². The van der Waals surface area contributed by atoms with Gasteiger partial charge in [0.2, 0.25) is 0 Å². The highest BCUT2D eigenvalue weighted by Crippen LogP contribution is 2.55. The van der Waals surface area contributed by atoms with Crippen LogP contribution in [0.2, 0.25) is 0 Å². The number of hydrogen-bond acceptors (Lipinski definition) is 3. The molecule has 0 amide bonds. The van der Waals surface area contributed by atoms with E-state index in [1.165, 1.54) is 140 Å². The van der Waals surface area contributed by atoms with Gasteiger partial charge in [-0.3, -0.25) is 4.98 Å². The van der Waals surface area contributed by atoms with Crippen LogP contribution < -0.4 is 5.46 Å². The van der Waals surface area contributed by atoms with Gasteiger partial charge in [0.25, 0.3) is 0 Å². The third-order valence-electron chi connectivity index (χ3n) is 12.6. The molecule has 5 aromatic rings. The highest BCUT2D eigenvalue weighted by atomic mass is 16.5. The average Bonchev–Trinajstić information content (AvgIpc) is 3.44. The summed E-state index contributed by atoms with van der Waals surface area (Å²) in [5.41, 5.74) is 9.95. The summed E-state index contributed by atoms with van der Waals surface area (Å²) in [6.45, 7) is 12.1. The van der Waals surface area contributed by atoms with Crippen molar-refractivity contribution in [3.05, 3.63) is 108 Å². The van der Waals surface area contributed by atoms with Crippen molar-refractivity contribution in [2.45, 2.75) is 148 Å². The van der Waals surface area contributed by atoms with Gasteiger partial charge in [0.05, 0.1) is 16.9 Å². The zero-order chi connectivity index (χ0) is 38.2. The number of fused-ring (bicyclic) bond motifs is 4. The van der Waals surface area contributed by atoms with E-state index in [1.54, 1.807) is 13.8 Å². The zero-order valence-corrected chi connectivity index (χ0v) is 34.1. The quantitative estimate of drug-likeness (QED) is 0.0643. The lowest BCUT2D eigenvalue weighted by Crippen LogP contribution is -2.49. The Labute approximate surface area is 327 Å². The molecule has 0 saturated carbocycles. The monoisotopic (exact) mass is 722 g/mol. The molecule has 4 aromatic carbocycles. The fraction of sp³-hybridized carbons (Fsp3) is 0.460. The molecule has 0 spiro atoms. The number of aromatic nitrogens is 1. The maximum absolute atomic E-state index is 10.6. The van der Waals surface area contributed by atoms with E-state index in [0.717, 1.165) is 11.2 Å². The molecule has 4 heteroatoms. The Kier molecular flexibility index (Phi) is 13.2. The lowest BCUT2D eigenvalue weighted by atomic mass is 9.70. The van der Waals surface area contributed by atoms with E-state index in [1.807, 2.05) is 20.0 Å². The van der Waals surface area contributed by atoms with E-state index in [2.05, 4.69) is 105 Å². The van der Waals surface area contributed by atoms with E-state index in [4.69, 9.17) is 9.64 Å². The average molecular weight is 722 g/mol. The molecular formula is C50H64BNO2. The molecule has 0 saturated heterocycles. The smallest absolute Gasteiger partial charge is 0.311 e. The molecule has 6 rings (SSSR count). The summed E-state index contributed by atoms with van der Waals surface area (Å²) < 4.78 is 6.16. The van der Waals surface area contributed by atoms with E-state index < -0.39 is 11.2 Å². The molecule has 0 radical (unpaired) electrons. The van der Waals surface area contributed by atoms with Crippen LogP contribution in [-0.4, -0.2) is 28.8 Å². The third-order valence-corrected chi connectivity index (χ3v) is 12.6. The number of benzene rings is 4. The lowest BCUT2D eigenvalue weighted by molar-refractivity contribution is -0.0893. The van der Waals surface area contributed by atoms with E-state index in [-0.39, 0.29) is 5.41 Å². The SMILES string of the molecule is CCCCCCCCC1(CCCCCCCC)c2cc(-c3ccc4ccccc4c3)ccc2-c2ccc(-c3ccc(BOC(C)(C)C(C)(C)O)cn3)cc21. The molecule has 0 atom stereocenters. The highest BCUT2D eigenvalue weighted by Gasteiger charge is 2.43. The van der Waals surface area contributed by atoms with Gasteiger partial charge in [0, 0.05) is 17.2 Å². The number of rotatable bonds is 20. The first-order valence-corrected chi connectivity index (χ1v) is 21.2. The van der Waals surface area contributed by atoms with Crippen LogP contribution in [0.5, 0.6) is 0 Å². The predicted molar refractivity (Wildman–Crippen MR) is 233 cm³/mol. The second kappa shape index (κ2) is 17.8. The Morgan fingerprint density at radius 3 is 1.72 bits per heavy atom. The van der Waals surface area contributed by atoms with Crippen molar-refractivity contribution in [3.8, 4) is 33.5 Å². The standard InChI is InChI=1S/C50H64BNO2/c1-7-9-11-13-15-19-31-50(32-20-16-14-12-10-8-2)45-34-40(39-24-23-37-21-17-18-22-38(37)33-39)25-28-43(45)44-29-26-41(35-46(44)50)47-30-27-42(36-52-47)51-54-49(5,6)48(3,4)53/h17-18,21-30,33-36,51,53H,7-16,19-20,31-32H2,1-6H3. The van der Waals surface area contributed by atoms with Gasteiger partial charge >= 0.3 is 7.48 Å². The summed E-state index contributed by atoms with van der Waals surface area (Å²) in [6, 6.07) is 34.4. The van der Waals surface area contributed by atoms with Crippen LogP contribution in [0.1, 0.15) is 143 Å². The topological polar surface area (TPSA) is 42.4 Å². The van der Waals surface area contributed by atoms with E-state index in [0.29, 0.717) is 7.48 Å². The van der Waals surface area contributed by atoms with Crippen LogP contribution in [0.4, 0.5) is 0 Å². The summed E-state index contributed by atoms with van der Waals surface area (Å²) in [7, 11) is 0.406. The van der Waals surface area contributed by atoms with E-state index >= 15 is 0 Å². The van der Waals surface area contributed by atoms with Gasteiger partial charge < -0.3 is 9.76 Å². The molecule has 1 aromatic heterocycles. The summed E-state index contributed by atoms with van der Waals surface area (Å²) in [6.07, 6.45) is 19.9. The van der Waals surface area contributed by atoms with Crippen molar-refractivity contribution >= 4 is 23.7 Å². The summed E-state index contributed by atoms with van der Waals surface area (Å²) in [5.74, 6) is 0. The molecule has 0 unspecified atom stereocenters. The minimum Gasteiger partial charge on any atom is -0.427 e. The molecular weight excluding hydrogens is 657 g/mol. The van der Waals surface area contributed by atoms with Crippen LogP contribution in [0.25, 0.3) is 44.3 Å². The first kappa shape index (κ1) is 40.0. The van der Waals surface area contributed by atoms with Crippen LogP contribution in [0.15, 0.2) is 97.2 Å². The molecule has 1 aliphatic rings. The minimum absolute atomic E-state index is 0.0283. The third kappa shape index (κ3) is 9.04. The van der Waals surface area contributed by atoms with Gasteiger partial charge in [-0.25, -0.2) is 0 Å². The number of aliphatic hydroxyl groups is 1. The van der Waals surface area contributed by atoms with Crippen molar-refractivity contribution in [1.82, 2.24) is 4.98 Å². The minimum atomic E-state index is -0.948.